The van der Waals surface area contributed by atoms with Gasteiger partial charge in [0, 0.05) is 68.9 Å². The van der Waals surface area contributed by atoms with Crippen LogP contribution in [0.25, 0.3) is 20.8 Å². The van der Waals surface area contributed by atoms with Crippen LogP contribution in [0.3, 0.4) is 0 Å². The molecule has 6 rings (SSSR count). The standard InChI is InChI=1S/C29H34N8OS/c1-17-10-25(34-28(31-17)37-16-20-12-21(37)15-36(20)6)33-24-13-22-23(14-30-24)39-26(32-22)18-8-7-9-19(11-18)29(2,3)27(38)35(4)5/h7-11,13-14,20-21H,12,15-16H2,1-6H3,(H,30,31,33,34)/t20-,21-/m0/s1. The molecule has 3 aromatic heterocycles. The van der Waals surface area contributed by atoms with Crippen LogP contribution in [0.1, 0.15) is 31.5 Å². The Labute approximate surface area is 232 Å². The number of fused-ring (bicyclic) bond motifs is 3. The molecule has 39 heavy (non-hydrogen) atoms. The van der Waals surface area contributed by atoms with Crippen molar-refractivity contribution in [1.82, 2.24) is 29.7 Å². The van der Waals surface area contributed by atoms with Crippen LogP contribution in [0.5, 0.6) is 0 Å². The highest BCUT2D eigenvalue weighted by Gasteiger charge is 2.42. The van der Waals surface area contributed by atoms with E-state index in [4.69, 9.17) is 15.0 Å². The molecule has 2 atom stereocenters. The first kappa shape index (κ1) is 25.6. The molecule has 0 aliphatic carbocycles. The molecular weight excluding hydrogens is 508 g/mol. The molecule has 0 unspecified atom stereocenters. The van der Waals surface area contributed by atoms with Gasteiger partial charge in [-0.25, -0.2) is 15.0 Å². The number of likely N-dealkylation sites (N-methyl/N-ethyl adjacent to an activating group) is 2. The van der Waals surface area contributed by atoms with E-state index in [9.17, 15) is 4.79 Å². The van der Waals surface area contributed by atoms with Gasteiger partial charge >= 0.3 is 0 Å². The zero-order chi connectivity index (χ0) is 27.5. The van der Waals surface area contributed by atoms with Crippen molar-refractivity contribution < 1.29 is 4.79 Å². The van der Waals surface area contributed by atoms with Gasteiger partial charge in [-0.05, 0) is 45.9 Å². The number of likely N-dealkylation sites (tertiary alicyclic amines) is 1. The number of pyridine rings is 1. The summed E-state index contributed by atoms with van der Waals surface area (Å²) in [5.41, 5.74) is 3.11. The average molecular weight is 543 g/mol. The lowest BCUT2D eigenvalue weighted by Gasteiger charge is -2.32. The summed E-state index contributed by atoms with van der Waals surface area (Å²) in [6.45, 7) is 7.95. The highest BCUT2D eigenvalue weighted by Crippen LogP contribution is 2.35. The van der Waals surface area contributed by atoms with Gasteiger partial charge in [0.2, 0.25) is 11.9 Å². The largest absolute Gasteiger partial charge is 0.348 e. The molecule has 10 heteroatoms. The quantitative estimate of drug-likeness (QED) is 0.382. The van der Waals surface area contributed by atoms with Crippen LogP contribution < -0.4 is 10.2 Å². The number of piperazine rings is 1. The Morgan fingerprint density at radius 1 is 1.08 bits per heavy atom. The minimum atomic E-state index is -0.631. The molecule has 9 nitrogen and oxygen atoms in total. The van der Waals surface area contributed by atoms with Crippen molar-refractivity contribution in [3.05, 3.63) is 53.9 Å². The summed E-state index contributed by atoms with van der Waals surface area (Å²) in [4.78, 5) is 38.3. The Hall–Kier alpha value is -3.63. The maximum Gasteiger partial charge on any atom is 0.232 e. The lowest BCUT2D eigenvalue weighted by molar-refractivity contribution is -0.133. The summed E-state index contributed by atoms with van der Waals surface area (Å²) < 4.78 is 1.00. The lowest BCUT2D eigenvalue weighted by Crippen LogP contribution is -2.45. The number of hydrogen-bond donors (Lipinski definition) is 1. The van der Waals surface area contributed by atoms with Crippen LogP contribution in [0.2, 0.25) is 0 Å². The number of aromatic nitrogens is 4. The second-order valence-electron chi connectivity index (χ2n) is 11.4. The molecule has 0 spiro atoms. The second kappa shape index (κ2) is 9.53. The van der Waals surface area contributed by atoms with Crippen molar-refractivity contribution in [2.24, 2.45) is 0 Å². The van der Waals surface area contributed by atoms with Gasteiger partial charge in [-0.3, -0.25) is 9.69 Å². The molecule has 2 fully saturated rings. The number of thiazole rings is 1. The summed E-state index contributed by atoms with van der Waals surface area (Å²) >= 11 is 1.60. The topological polar surface area (TPSA) is 90.4 Å². The van der Waals surface area contributed by atoms with Crippen molar-refractivity contribution in [1.29, 1.82) is 0 Å². The number of nitrogens with zero attached hydrogens (tertiary/aromatic N) is 7. The van der Waals surface area contributed by atoms with Gasteiger partial charge in [0.25, 0.3) is 0 Å². The normalized spacial score (nSPS) is 19.2. The van der Waals surface area contributed by atoms with E-state index in [1.807, 2.05) is 57.3 Å². The average Bonchev–Trinajstić information content (AvgIpc) is 3.61. The number of benzene rings is 1. The fourth-order valence-electron chi connectivity index (χ4n) is 5.74. The first-order valence-corrected chi connectivity index (χ1v) is 14.1. The molecule has 2 aliphatic heterocycles. The Morgan fingerprint density at radius 2 is 1.90 bits per heavy atom. The number of amides is 1. The summed E-state index contributed by atoms with van der Waals surface area (Å²) in [6, 6.07) is 13.1. The Balaban J connectivity index is 1.25. The third-order valence-electron chi connectivity index (χ3n) is 7.92. The smallest absolute Gasteiger partial charge is 0.232 e. The fraction of sp³-hybridized carbons (Fsp3) is 0.414. The SMILES string of the molecule is Cc1cc(Nc2cc3nc(-c4cccc(C(C)(C)C(=O)N(C)C)c4)sc3cn2)nc(N2C[C@@H]3C[C@H]2CN3C)n1. The van der Waals surface area contributed by atoms with Gasteiger partial charge in [-0.1, -0.05) is 18.2 Å². The second-order valence-corrected chi connectivity index (χ2v) is 12.4. The van der Waals surface area contributed by atoms with E-state index in [-0.39, 0.29) is 5.91 Å². The molecule has 1 amide bonds. The summed E-state index contributed by atoms with van der Waals surface area (Å²) in [7, 11) is 5.78. The maximum absolute atomic E-state index is 12.8. The van der Waals surface area contributed by atoms with Gasteiger partial charge < -0.3 is 15.1 Å². The zero-order valence-electron chi connectivity index (χ0n) is 23.3. The van der Waals surface area contributed by atoms with Crippen molar-refractivity contribution in [3.8, 4) is 10.6 Å². The molecule has 2 bridgehead atoms. The highest BCUT2D eigenvalue weighted by molar-refractivity contribution is 7.21. The minimum absolute atomic E-state index is 0.0663. The van der Waals surface area contributed by atoms with Gasteiger partial charge in [-0.2, -0.15) is 4.98 Å². The number of anilines is 3. The molecule has 0 radical (unpaired) electrons. The third kappa shape index (κ3) is 4.72. The van der Waals surface area contributed by atoms with Crippen molar-refractivity contribution in [2.45, 2.75) is 44.7 Å². The van der Waals surface area contributed by atoms with Crippen molar-refractivity contribution in [3.63, 3.8) is 0 Å². The van der Waals surface area contributed by atoms with E-state index in [1.54, 1.807) is 30.3 Å². The number of carbonyl (C=O) groups is 1. The number of aryl methyl sites for hydroxylation is 1. The first-order chi connectivity index (χ1) is 18.6. The van der Waals surface area contributed by atoms with Gasteiger partial charge in [0.05, 0.1) is 15.6 Å². The molecular formula is C29H34N8OS. The van der Waals surface area contributed by atoms with Crippen LogP contribution >= 0.6 is 11.3 Å². The summed E-state index contributed by atoms with van der Waals surface area (Å²) in [5.74, 6) is 2.27. The van der Waals surface area contributed by atoms with Crippen LogP contribution in [0.4, 0.5) is 17.6 Å². The van der Waals surface area contributed by atoms with Crippen LogP contribution in [0, 0.1) is 6.92 Å². The summed E-state index contributed by atoms with van der Waals surface area (Å²) in [5, 5.41) is 4.27. The van der Waals surface area contributed by atoms with Crippen LogP contribution in [-0.4, -0.2) is 82.0 Å². The molecule has 5 heterocycles. The van der Waals surface area contributed by atoms with Crippen LogP contribution in [-0.2, 0) is 10.2 Å². The van der Waals surface area contributed by atoms with Gasteiger partial charge in [0.1, 0.15) is 16.6 Å². The van der Waals surface area contributed by atoms with Crippen LogP contribution in [0.15, 0.2) is 42.6 Å². The number of carbonyl (C=O) groups excluding carboxylic acids is 1. The van der Waals surface area contributed by atoms with E-state index in [0.717, 1.165) is 56.9 Å². The molecule has 1 aromatic carbocycles. The zero-order valence-corrected chi connectivity index (χ0v) is 24.1. The molecule has 0 saturated carbocycles. The third-order valence-corrected chi connectivity index (χ3v) is 8.97. The van der Waals surface area contributed by atoms with Crippen molar-refractivity contribution >= 4 is 45.0 Å². The highest BCUT2D eigenvalue weighted by atomic mass is 32.1. The predicted octanol–water partition coefficient (Wildman–Crippen LogP) is 4.46. The lowest BCUT2D eigenvalue weighted by atomic mass is 9.82. The monoisotopic (exact) mass is 542 g/mol. The minimum Gasteiger partial charge on any atom is -0.348 e. The molecule has 2 aliphatic rings. The number of rotatable bonds is 6. The van der Waals surface area contributed by atoms with Gasteiger partial charge in [-0.15, -0.1) is 11.3 Å². The van der Waals surface area contributed by atoms with E-state index >= 15 is 0 Å². The first-order valence-electron chi connectivity index (χ1n) is 13.3. The summed E-state index contributed by atoms with van der Waals surface area (Å²) in [6.07, 6.45) is 3.03. The van der Waals surface area contributed by atoms with Gasteiger partial charge in [0.15, 0.2) is 0 Å². The fourth-order valence-corrected chi connectivity index (χ4v) is 6.65. The molecule has 4 aromatic rings. The Kier molecular flexibility index (Phi) is 6.27. The Morgan fingerprint density at radius 3 is 2.62 bits per heavy atom. The molecule has 2 saturated heterocycles. The Bertz CT molecular complexity index is 1560. The predicted molar refractivity (Wildman–Crippen MR) is 157 cm³/mol. The molecule has 202 valence electrons. The van der Waals surface area contributed by atoms with E-state index in [0.29, 0.717) is 17.9 Å². The van der Waals surface area contributed by atoms with Crippen molar-refractivity contribution in [2.75, 3.05) is 44.4 Å². The number of nitrogens with one attached hydrogen (secondary N) is 1. The van der Waals surface area contributed by atoms with E-state index < -0.39 is 5.41 Å². The maximum atomic E-state index is 12.8. The van der Waals surface area contributed by atoms with E-state index in [2.05, 4.69) is 33.2 Å². The van der Waals surface area contributed by atoms with E-state index in [1.165, 1.54) is 6.42 Å². The molecule has 1 N–H and O–H groups in total. The number of hydrogen-bond acceptors (Lipinski definition) is 9.